The van der Waals surface area contributed by atoms with Gasteiger partial charge in [-0.1, -0.05) is 30.3 Å². The molecule has 0 spiro atoms. The summed E-state index contributed by atoms with van der Waals surface area (Å²) in [6.07, 6.45) is 5.24. The Balaban J connectivity index is 1.17. The van der Waals surface area contributed by atoms with E-state index in [-0.39, 0.29) is 18.4 Å². The average Bonchev–Trinajstić information content (AvgIpc) is 3.27. The van der Waals surface area contributed by atoms with E-state index in [4.69, 9.17) is 4.98 Å². The van der Waals surface area contributed by atoms with Crippen molar-refractivity contribution >= 4 is 23.8 Å². The molecule has 1 N–H and O–H groups in total. The van der Waals surface area contributed by atoms with Gasteiger partial charge in [0.05, 0.1) is 25.8 Å². The number of anilines is 1. The van der Waals surface area contributed by atoms with E-state index in [0.29, 0.717) is 26.2 Å². The second-order valence-electron chi connectivity index (χ2n) is 9.17. The highest BCUT2D eigenvalue weighted by atomic mass is 16.2. The number of fused-ring (bicyclic) bond motifs is 1. The van der Waals surface area contributed by atoms with Crippen molar-refractivity contribution in [2.45, 2.75) is 25.8 Å². The molecule has 0 saturated carbocycles. The summed E-state index contributed by atoms with van der Waals surface area (Å²) in [5.74, 6) is 1.98. The van der Waals surface area contributed by atoms with Crippen LogP contribution in [0.15, 0.2) is 35.3 Å². The molecule has 2 aromatic rings. The Morgan fingerprint density at radius 3 is 2.35 bits per heavy atom. The van der Waals surface area contributed by atoms with Gasteiger partial charge in [-0.2, -0.15) is 0 Å². The minimum atomic E-state index is 0.0704. The SMILES string of the molecule is O=C(CNc1c(-c2ccccc2)nc2n1CCN=C2)N1CCN(CC(=O)N2CCCCC2)CC1. The topological polar surface area (TPSA) is 86.1 Å². The predicted molar refractivity (Wildman–Crippen MR) is 132 cm³/mol. The van der Waals surface area contributed by atoms with Crippen molar-refractivity contribution in [3.8, 4) is 11.3 Å². The molecule has 9 heteroatoms. The molecule has 9 nitrogen and oxygen atoms in total. The molecule has 1 aromatic heterocycles. The summed E-state index contributed by atoms with van der Waals surface area (Å²) in [4.78, 5) is 40.7. The fourth-order valence-electron chi connectivity index (χ4n) is 4.94. The highest BCUT2D eigenvalue weighted by Gasteiger charge is 2.26. The number of imidazole rings is 1. The summed E-state index contributed by atoms with van der Waals surface area (Å²) in [6, 6.07) is 10.0. The molecule has 0 aliphatic carbocycles. The normalized spacial score (nSPS) is 18.6. The Kier molecular flexibility index (Phi) is 6.89. The first kappa shape index (κ1) is 22.6. The van der Waals surface area contributed by atoms with Crippen LogP contribution in [0, 0.1) is 0 Å². The minimum Gasteiger partial charge on any atom is -0.361 e. The van der Waals surface area contributed by atoms with Crippen molar-refractivity contribution in [1.82, 2.24) is 24.3 Å². The highest BCUT2D eigenvalue weighted by Crippen LogP contribution is 2.29. The second-order valence-corrected chi connectivity index (χ2v) is 9.17. The van der Waals surface area contributed by atoms with Crippen LogP contribution in [0.1, 0.15) is 25.1 Å². The molecule has 0 bridgehead atoms. The van der Waals surface area contributed by atoms with Gasteiger partial charge in [0.15, 0.2) is 5.82 Å². The van der Waals surface area contributed by atoms with Gasteiger partial charge in [-0.3, -0.25) is 19.5 Å². The number of amides is 2. The summed E-state index contributed by atoms with van der Waals surface area (Å²) in [7, 11) is 0. The largest absolute Gasteiger partial charge is 0.361 e. The zero-order chi connectivity index (χ0) is 23.3. The van der Waals surface area contributed by atoms with Crippen LogP contribution >= 0.6 is 0 Å². The molecule has 34 heavy (non-hydrogen) atoms. The van der Waals surface area contributed by atoms with Gasteiger partial charge in [0, 0.05) is 51.4 Å². The first-order chi connectivity index (χ1) is 16.7. The van der Waals surface area contributed by atoms with E-state index >= 15 is 0 Å². The average molecular weight is 464 g/mol. The van der Waals surface area contributed by atoms with E-state index in [1.54, 1.807) is 6.21 Å². The van der Waals surface area contributed by atoms with Gasteiger partial charge in [-0.05, 0) is 19.3 Å². The first-order valence-corrected chi connectivity index (χ1v) is 12.4. The van der Waals surface area contributed by atoms with Crippen molar-refractivity contribution < 1.29 is 9.59 Å². The molecule has 3 aliphatic heterocycles. The van der Waals surface area contributed by atoms with Crippen molar-refractivity contribution in [1.29, 1.82) is 0 Å². The first-order valence-electron chi connectivity index (χ1n) is 12.4. The Morgan fingerprint density at radius 2 is 1.59 bits per heavy atom. The Bertz CT molecular complexity index is 1040. The number of nitrogens with zero attached hydrogens (tertiary/aromatic N) is 6. The number of hydrogen-bond acceptors (Lipinski definition) is 6. The second kappa shape index (κ2) is 10.4. The van der Waals surface area contributed by atoms with Gasteiger partial charge in [0.1, 0.15) is 11.5 Å². The lowest BCUT2D eigenvalue weighted by molar-refractivity contribution is -0.135. The van der Waals surface area contributed by atoms with E-state index in [1.165, 1.54) is 6.42 Å². The highest BCUT2D eigenvalue weighted by molar-refractivity contribution is 5.86. The van der Waals surface area contributed by atoms with Crippen molar-refractivity contribution in [2.24, 2.45) is 4.99 Å². The van der Waals surface area contributed by atoms with E-state index in [2.05, 4.69) is 19.8 Å². The van der Waals surface area contributed by atoms with E-state index in [0.717, 1.165) is 68.5 Å². The predicted octanol–water partition coefficient (Wildman–Crippen LogP) is 1.55. The zero-order valence-electron chi connectivity index (χ0n) is 19.7. The van der Waals surface area contributed by atoms with Crippen LogP contribution in [0.2, 0.25) is 0 Å². The van der Waals surface area contributed by atoms with E-state index in [9.17, 15) is 9.59 Å². The number of benzene rings is 1. The lowest BCUT2D eigenvalue weighted by atomic mass is 10.1. The van der Waals surface area contributed by atoms with Crippen LogP contribution < -0.4 is 5.32 Å². The molecule has 2 fully saturated rings. The fraction of sp³-hybridized carbons (Fsp3) is 0.520. The smallest absolute Gasteiger partial charge is 0.242 e. The lowest BCUT2D eigenvalue weighted by Crippen LogP contribution is -2.52. The Hall–Kier alpha value is -3.20. The van der Waals surface area contributed by atoms with E-state index < -0.39 is 0 Å². The van der Waals surface area contributed by atoms with Crippen LogP contribution in [0.4, 0.5) is 5.82 Å². The molecule has 0 unspecified atom stereocenters. The lowest BCUT2D eigenvalue weighted by Gasteiger charge is -2.36. The van der Waals surface area contributed by atoms with Crippen LogP contribution in [0.5, 0.6) is 0 Å². The summed E-state index contributed by atoms with van der Waals surface area (Å²) in [5, 5.41) is 3.38. The molecule has 3 aliphatic rings. The molecule has 0 atom stereocenters. The molecular weight excluding hydrogens is 430 g/mol. The monoisotopic (exact) mass is 463 g/mol. The van der Waals surface area contributed by atoms with Gasteiger partial charge >= 0.3 is 0 Å². The number of aliphatic imine (C=N–C) groups is 1. The van der Waals surface area contributed by atoms with Gasteiger partial charge in [0.2, 0.25) is 11.8 Å². The van der Waals surface area contributed by atoms with Crippen LogP contribution in [-0.2, 0) is 16.1 Å². The fourth-order valence-corrected chi connectivity index (χ4v) is 4.94. The van der Waals surface area contributed by atoms with E-state index in [1.807, 2.05) is 40.1 Å². The van der Waals surface area contributed by atoms with Crippen LogP contribution in [0.25, 0.3) is 11.3 Å². The third-order valence-corrected chi connectivity index (χ3v) is 6.90. The molecule has 180 valence electrons. The number of piperidine rings is 1. The number of nitrogens with one attached hydrogen (secondary N) is 1. The molecule has 4 heterocycles. The van der Waals surface area contributed by atoms with Crippen LogP contribution in [-0.4, -0.2) is 101 Å². The third-order valence-electron chi connectivity index (χ3n) is 6.90. The maximum Gasteiger partial charge on any atom is 0.242 e. The Labute approximate surface area is 200 Å². The summed E-state index contributed by atoms with van der Waals surface area (Å²) >= 11 is 0. The summed E-state index contributed by atoms with van der Waals surface area (Å²) in [5.41, 5.74) is 1.86. The summed E-state index contributed by atoms with van der Waals surface area (Å²) < 4.78 is 2.10. The number of aromatic nitrogens is 2. The number of rotatable bonds is 6. The van der Waals surface area contributed by atoms with Gasteiger partial charge < -0.3 is 19.7 Å². The van der Waals surface area contributed by atoms with Crippen LogP contribution in [0.3, 0.4) is 0 Å². The third kappa shape index (κ3) is 4.99. The molecule has 1 aromatic carbocycles. The zero-order valence-corrected chi connectivity index (χ0v) is 19.7. The number of carbonyl (C=O) groups excluding carboxylic acids is 2. The standard InChI is InChI=1S/C25H33N7O2/c33-22(31-15-13-29(14-16-31)19-23(34)30-10-5-2-6-11-30)18-27-25-24(20-7-3-1-4-8-20)28-21-17-26-9-12-32(21)25/h1,3-4,7-8,17,27H,2,5-6,9-16,18-19H2. The van der Waals surface area contributed by atoms with Gasteiger partial charge in [0.25, 0.3) is 0 Å². The molecule has 5 rings (SSSR count). The molecule has 2 amide bonds. The maximum absolute atomic E-state index is 13.0. The van der Waals surface area contributed by atoms with Gasteiger partial charge in [-0.15, -0.1) is 0 Å². The number of piperazine rings is 1. The molecular formula is C25H33N7O2. The van der Waals surface area contributed by atoms with Gasteiger partial charge in [-0.25, -0.2) is 4.98 Å². The number of likely N-dealkylation sites (tertiary alicyclic amines) is 1. The van der Waals surface area contributed by atoms with Crippen molar-refractivity contribution in [2.75, 3.05) is 64.2 Å². The quantitative estimate of drug-likeness (QED) is 0.703. The van der Waals surface area contributed by atoms with Crippen molar-refractivity contribution in [3.05, 3.63) is 36.2 Å². The summed E-state index contributed by atoms with van der Waals surface area (Å²) in [6.45, 7) is 6.67. The number of hydrogen-bond donors (Lipinski definition) is 1. The maximum atomic E-state index is 13.0. The minimum absolute atomic E-state index is 0.0704. The molecule has 2 saturated heterocycles. The number of carbonyl (C=O) groups is 2. The molecule has 0 radical (unpaired) electrons. The Morgan fingerprint density at radius 1 is 0.853 bits per heavy atom. The van der Waals surface area contributed by atoms with Crippen molar-refractivity contribution in [3.63, 3.8) is 0 Å².